The van der Waals surface area contributed by atoms with Crippen LogP contribution >= 0.6 is 11.8 Å². The molecule has 0 radical (unpaired) electrons. The Hall–Kier alpha value is -3.78. The van der Waals surface area contributed by atoms with Gasteiger partial charge in [-0.05, 0) is 48.4 Å². The summed E-state index contributed by atoms with van der Waals surface area (Å²) >= 11 is 1.32. The number of fused-ring (bicyclic) bond motifs is 1. The maximum atomic E-state index is 12.1. The van der Waals surface area contributed by atoms with Gasteiger partial charge >= 0.3 is 0 Å². The maximum Gasteiger partial charge on any atom is 0.250 e. The number of aromatic nitrogens is 2. The third kappa shape index (κ3) is 6.14. The third-order valence-electron chi connectivity index (χ3n) is 4.78. The molecule has 0 aliphatic heterocycles. The summed E-state index contributed by atoms with van der Waals surface area (Å²) in [7, 11) is 1.59. The van der Waals surface area contributed by atoms with E-state index in [0.29, 0.717) is 23.3 Å². The number of benzene rings is 3. The fourth-order valence-corrected chi connectivity index (χ4v) is 3.87. The van der Waals surface area contributed by atoms with Crippen LogP contribution in [0.25, 0.3) is 11.0 Å². The predicted octanol–water partition coefficient (Wildman–Crippen LogP) is 4.70. The number of hydrogen-bond donors (Lipinski definition) is 2. The average Bonchev–Trinajstić information content (AvgIpc) is 3.25. The second kappa shape index (κ2) is 10.7. The van der Waals surface area contributed by atoms with E-state index in [1.54, 1.807) is 13.3 Å². The Kier molecular flexibility index (Phi) is 7.26. The van der Waals surface area contributed by atoms with Gasteiger partial charge in [0, 0.05) is 0 Å². The first-order valence-electron chi connectivity index (χ1n) is 10.4. The average molecular weight is 461 g/mol. The summed E-state index contributed by atoms with van der Waals surface area (Å²) in [5.41, 5.74) is 7.41. The van der Waals surface area contributed by atoms with Crippen molar-refractivity contribution < 1.29 is 14.3 Å². The van der Waals surface area contributed by atoms with Crippen LogP contribution in [0, 0.1) is 6.92 Å². The monoisotopic (exact) mass is 460 g/mol. The Balaban J connectivity index is 1.29. The number of para-hydroxylation sites is 2. The molecule has 3 aromatic carbocycles. The van der Waals surface area contributed by atoms with Crippen molar-refractivity contribution in [3.8, 4) is 11.5 Å². The van der Waals surface area contributed by atoms with E-state index in [1.165, 1.54) is 17.3 Å². The largest absolute Gasteiger partial charge is 0.493 e. The lowest BCUT2D eigenvalue weighted by Gasteiger charge is -2.11. The highest BCUT2D eigenvalue weighted by atomic mass is 32.2. The number of hydrogen-bond acceptors (Lipinski definition) is 6. The molecule has 4 rings (SSSR count). The number of rotatable bonds is 9. The minimum absolute atomic E-state index is 0.201. The first kappa shape index (κ1) is 22.4. The second-order valence-corrected chi connectivity index (χ2v) is 8.29. The van der Waals surface area contributed by atoms with E-state index in [1.807, 2.05) is 54.6 Å². The number of nitrogens with zero attached hydrogens (tertiary/aromatic N) is 2. The molecule has 8 heteroatoms. The number of methoxy groups -OCH3 is 1. The van der Waals surface area contributed by atoms with Gasteiger partial charge in [0.25, 0.3) is 5.91 Å². The van der Waals surface area contributed by atoms with E-state index >= 15 is 0 Å². The zero-order chi connectivity index (χ0) is 23.0. The fraction of sp³-hybridized carbons (Fsp3) is 0.160. The highest BCUT2D eigenvalue weighted by molar-refractivity contribution is 7.99. The van der Waals surface area contributed by atoms with Gasteiger partial charge in [0.15, 0.2) is 16.7 Å². The third-order valence-corrected chi connectivity index (χ3v) is 5.65. The standard InChI is InChI=1S/C25H24N4O3S/c1-17-6-5-7-19(12-17)15-32-22-11-10-18(13-23(22)31-2)14-26-29-24(30)16-33-25-27-20-8-3-4-9-21(20)28-25/h3-14H,15-16H2,1-2H3,(H,27,28)(H,29,30)/b26-14+. The number of amides is 1. The molecule has 0 saturated heterocycles. The molecule has 7 nitrogen and oxygen atoms in total. The summed E-state index contributed by atoms with van der Waals surface area (Å²) in [4.78, 5) is 19.7. The number of nitrogens with one attached hydrogen (secondary N) is 2. The molecule has 0 aliphatic rings. The van der Waals surface area contributed by atoms with Gasteiger partial charge in [-0.15, -0.1) is 0 Å². The van der Waals surface area contributed by atoms with E-state index in [9.17, 15) is 4.79 Å². The molecule has 0 bridgehead atoms. The lowest BCUT2D eigenvalue weighted by atomic mass is 10.1. The Morgan fingerprint density at radius 3 is 2.82 bits per heavy atom. The highest BCUT2D eigenvalue weighted by Gasteiger charge is 2.08. The maximum absolute atomic E-state index is 12.1. The van der Waals surface area contributed by atoms with E-state index < -0.39 is 0 Å². The number of thioether (sulfide) groups is 1. The Morgan fingerprint density at radius 1 is 1.12 bits per heavy atom. The van der Waals surface area contributed by atoms with Gasteiger partial charge in [0.2, 0.25) is 0 Å². The van der Waals surface area contributed by atoms with Gasteiger partial charge in [-0.2, -0.15) is 5.10 Å². The van der Waals surface area contributed by atoms with Gasteiger partial charge in [0.05, 0.1) is 30.1 Å². The van der Waals surface area contributed by atoms with Crippen LogP contribution in [0.2, 0.25) is 0 Å². The molecule has 0 unspecified atom stereocenters. The number of carbonyl (C=O) groups is 1. The highest BCUT2D eigenvalue weighted by Crippen LogP contribution is 2.28. The summed E-state index contributed by atoms with van der Waals surface area (Å²) < 4.78 is 11.4. The number of imidazole rings is 1. The molecule has 1 heterocycles. The molecule has 33 heavy (non-hydrogen) atoms. The molecule has 1 amide bonds. The number of aromatic amines is 1. The van der Waals surface area contributed by atoms with Crippen molar-refractivity contribution >= 4 is 34.9 Å². The predicted molar refractivity (Wildman–Crippen MR) is 131 cm³/mol. The lowest BCUT2D eigenvalue weighted by Crippen LogP contribution is -2.19. The lowest BCUT2D eigenvalue weighted by molar-refractivity contribution is -0.118. The topological polar surface area (TPSA) is 88.6 Å². The smallest absolute Gasteiger partial charge is 0.250 e. The molecule has 0 aliphatic carbocycles. The molecule has 2 N–H and O–H groups in total. The number of H-pyrrole nitrogens is 1. The summed E-state index contributed by atoms with van der Waals surface area (Å²) in [6.45, 7) is 2.50. The van der Waals surface area contributed by atoms with Gasteiger partial charge in [-0.1, -0.05) is 53.7 Å². The molecule has 168 valence electrons. The summed E-state index contributed by atoms with van der Waals surface area (Å²) in [6.07, 6.45) is 1.57. The number of aryl methyl sites for hydroxylation is 1. The van der Waals surface area contributed by atoms with Crippen molar-refractivity contribution in [1.82, 2.24) is 15.4 Å². The van der Waals surface area contributed by atoms with Crippen molar-refractivity contribution in [2.45, 2.75) is 18.7 Å². The minimum Gasteiger partial charge on any atom is -0.493 e. The van der Waals surface area contributed by atoms with Crippen LogP contribution in [0.5, 0.6) is 11.5 Å². The molecular formula is C25H24N4O3S. The van der Waals surface area contributed by atoms with Crippen LogP contribution in [0.1, 0.15) is 16.7 Å². The zero-order valence-corrected chi connectivity index (χ0v) is 19.2. The molecule has 0 spiro atoms. The van der Waals surface area contributed by atoms with Crippen LogP contribution in [-0.2, 0) is 11.4 Å². The van der Waals surface area contributed by atoms with Crippen LogP contribution < -0.4 is 14.9 Å². The molecule has 0 fully saturated rings. The van der Waals surface area contributed by atoms with Gasteiger partial charge in [-0.25, -0.2) is 10.4 Å². The quantitative estimate of drug-likeness (QED) is 0.215. The van der Waals surface area contributed by atoms with Crippen LogP contribution in [-0.4, -0.2) is 35.0 Å². The second-order valence-electron chi connectivity index (χ2n) is 7.33. The Labute approximate surface area is 196 Å². The summed E-state index contributed by atoms with van der Waals surface area (Å²) in [6, 6.07) is 21.4. The van der Waals surface area contributed by atoms with E-state index in [2.05, 4.69) is 39.6 Å². The Morgan fingerprint density at radius 2 is 2.00 bits per heavy atom. The van der Waals surface area contributed by atoms with Crippen LogP contribution in [0.3, 0.4) is 0 Å². The normalized spacial score (nSPS) is 11.1. The SMILES string of the molecule is COc1cc(/C=N/NC(=O)CSc2nc3ccccc3[nH]2)ccc1OCc1cccc(C)c1. The van der Waals surface area contributed by atoms with E-state index in [-0.39, 0.29) is 11.7 Å². The molecular weight excluding hydrogens is 436 g/mol. The van der Waals surface area contributed by atoms with Crippen molar-refractivity contribution in [3.05, 3.63) is 83.4 Å². The Bertz CT molecular complexity index is 1250. The molecule has 0 atom stereocenters. The summed E-state index contributed by atoms with van der Waals surface area (Å²) in [5.74, 6) is 1.22. The van der Waals surface area contributed by atoms with Crippen molar-refractivity contribution in [2.24, 2.45) is 5.10 Å². The number of ether oxygens (including phenoxy) is 2. The fourth-order valence-electron chi connectivity index (χ4n) is 3.19. The van der Waals surface area contributed by atoms with Gasteiger partial charge in [0.1, 0.15) is 6.61 Å². The minimum atomic E-state index is -0.221. The first-order chi connectivity index (χ1) is 16.1. The van der Waals surface area contributed by atoms with Gasteiger partial charge < -0.3 is 14.5 Å². The first-order valence-corrected chi connectivity index (χ1v) is 11.3. The van der Waals surface area contributed by atoms with Crippen molar-refractivity contribution in [3.63, 3.8) is 0 Å². The molecule has 0 saturated carbocycles. The van der Waals surface area contributed by atoms with E-state index in [0.717, 1.165) is 22.2 Å². The van der Waals surface area contributed by atoms with Crippen LogP contribution in [0.4, 0.5) is 0 Å². The number of carbonyl (C=O) groups excluding carboxylic acids is 1. The number of hydrazone groups is 1. The molecule has 1 aromatic heterocycles. The molecule has 4 aromatic rings. The summed E-state index contributed by atoms with van der Waals surface area (Å²) in [5, 5.41) is 4.74. The van der Waals surface area contributed by atoms with Crippen molar-refractivity contribution in [1.29, 1.82) is 0 Å². The van der Waals surface area contributed by atoms with Crippen LogP contribution in [0.15, 0.2) is 77.0 Å². The van der Waals surface area contributed by atoms with Crippen molar-refractivity contribution in [2.75, 3.05) is 12.9 Å². The zero-order valence-electron chi connectivity index (χ0n) is 18.4. The van der Waals surface area contributed by atoms with E-state index in [4.69, 9.17) is 9.47 Å². The van der Waals surface area contributed by atoms with Gasteiger partial charge in [-0.3, -0.25) is 4.79 Å².